The Bertz CT molecular complexity index is 293. The summed E-state index contributed by atoms with van der Waals surface area (Å²) in [5.74, 6) is 0.813. The molecule has 1 N–H and O–H groups in total. The molecule has 0 saturated carbocycles. The Hall–Kier alpha value is -0.570. The number of carbonyl (C=O) groups is 1. The van der Waals surface area contributed by atoms with Gasteiger partial charge in [-0.2, -0.15) is 0 Å². The van der Waals surface area contributed by atoms with Crippen molar-refractivity contribution in [3.8, 4) is 0 Å². The highest BCUT2D eigenvalue weighted by atomic mass is 16.2. The summed E-state index contributed by atoms with van der Waals surface area (Å²) in [7, 11) is 0. The minimum absolute atomic E-state index is 0.246. The molecule has 3 heteroatoms. The third-order valence-electron chi connectivity index (χ3n) is 4.76. The van der Waals surface area contributed by atoms with E-state index in [0.29, 0.717) is 17.9 Å². The van der Waals surface area contributed by atoms with E-state index in [1.54, 1.807) is 0 Å². The Kier molecular flexibility index (Phi) is 7.01. The van der Waals surface area contributed by atoms with Gasteiger partial charge in [0.2, 0.25) is 5.91 Å². The van der Waals surface area contributed by atoms with Crippen LogP contribution in [0, 0.1) is 11.3 Å². The summed E-state index contributed by atoms with van der Waals surface area (Å²) >= 11 is 0. The maximum Gasteiger partial charge on any atom is 0.228 e. The third kappa shape index (κ3) is 4.47. The van der Waals surface area contributed by atoms with Crippen molar-refractivity contribution >= 4 is 5.91 Å². The number of carbonyl (C=O) groups excluding carboxylic acids is 1. The first-order valence-corrected chi connectivity index (χ1v) is 8.43. The number of unbranched alkanes of at least 4 members (excludes halogenated alkanes) is 2. The van der Waals surface area contributed by atoms with Crippen LogP contribution in [0.15, 0.2) is 0 Å². The van der Waals surface area contributed by atoms with Gasteiger partial charge in [0.05, 0.1) is 0 Å². The molecule has 3 nitrogen and oxygen atoms in total. The molecule has 1 rings (SSSR count). The lowest BCUT2D eigenvalue weighted by Gasteiger charge is -2.41. The van der Waals surface area contributed by atoms with Crippen LogP contribution in [0.1, 0.15) is 66.7 Å². The molecule has 1 aliphatic heterocycles. The van der Waals surface area contributed by atoms with Crippen LogP contribution in [0.5, 0.6) is 0 Å². The van der Waals surface area contributed by atoms with E-state index in [-0.39, 0.29) is 5.41 Å². The lowest BCUT2D eigenvalue weighted by molar-refractivity contribution is -0.145. The SMILES string of the molecule is CCCCCN(C(=O)C(C)(C)C1CCCNC1)C(C)C. The molecule has 0 aromatic carbocycles. The average Bonchev–Trinajstić information content (AvgIpc) is 2.43. The summed E-state index contributed by atoms with van der Waals surface area (Å²) in [4.78, 5) is 15.1. The molecule has 0 bridgehead atoms. The van der Waals surface area contributed by atoms with Crippen molar-refractivity contribution in [1.82, 2.24) is 10.2 Å². The van der Waals surface area contributed by atoms with Gasteiger partial charge in [-0.1, -0.05) is 33.6 Å². The quantitative estimate of drug-likeness (QED) is 0.726. The highest BCUT2D eigenvalue weighted by Gasteiger charge is 2.40. The topological polar surface area (TPSA) is 32.3 Å². The minimum Gasteiger partial charge on any atom is -0.340 e. The smallest absolute Gasteiger partial charge is 0.228 e. The van der Waals surface area contributed by atoms with Crippen LogP contribution < -0.4 is 5.32 Å². The Morgan fingerprint density at radius 1 is 1.35 bits per heavy atom. The number of hydrogen-bond acceptors (Lipinski definition) is 2. The standard InChI is InChI=1S/C17H34N2O/c1-6-7-8-12-19(14(2)3)16(20)17(4,5)15-10-9-11-18-13-15/h14-15,18H,6-13H2,1-5H3. The minimum atomic E-state index is -0.246. The van der Waals surface area contributed by atoms with Crippen molar-refractivity contribution in [2.24, 2.45) is 11.3 Å². The van der Waals surface area contributed by atoms with Gasteiger partial charge in [0, 0.05) is 18.0 Å². The number of nitrogens with zero attached hydrogens (tertiary/aromatic N) is 1. The van der Waals surface area contributed by atoms with E-state index in [1.807, 2.05) is 0 Å². The van der Waals surface area contributed by atoms with E-state index >= 15 is 0 Å². The van der Waals surface area contributed by atoms with Gasteiger partial charge in [0.1, 0.15) is 0 Å². The summed E-state index contributed by atoms with van der Waals surface area (Å²) in [6.07, 6.45) is 5.91. The van der Waals surface area contributed by atoms with Gasteiger partial charge >= 0.3 is 0 Å². The summed E-state index contributed by atoms with van der Waals surface area (Å²) < 4.78 is 0. The van der Waals surface area contributed by atoms with Crippen LogP contribution in [0.3, 0.4) is 0 Å². The van der Waals surface area contributed by atoms with Gasteiger partial charge < -0.3 is 10.2 Å². The average molecular weight is 282 g/mol. The number of rotatable bonds is 7. The normalized spacial score (nSPS) is 20.2. The van der Waals surface area contributed by atoms with Crippen molar-refractivity contribution < 1.29 is 4.79 Å². The zero-order valence-corrected chi connectivity index (χ0v) is 14.2. The molecule has 1 amide bonds. The van der Waals surface area contributed by atoms with Gasteiger partial charge in [0.15, 0.2) is 0 Å². The monoisotopic (exact) mass is 282 g/mol. The summed E-state index contributed by atoms with van der Waals surface area (Å²) in [5.41, 5.74) is -0.246. The third-order valence-corrected chi connectivity index (χ3v) is 4.76. The zero-order valence-electron chi connectivity index (χ0n) is 14.2. The molecule has 1 saturated heterocycles. The lowest BCUT2D eigenvalue weighted by atomic mass is 9.73. The summed E-state index contributed by atoms with van der Waals surface area (Å²) in [6, 6.07) is 0.301. The molecule has 0 spiro atoms. The molecule has 1 fully saturated rings. The second-order valence-corrected chi connectivity index (χ2v) is 7.06. The summed E-state index contributed by atoms with van der Waals surface area (Å²) in [6.45, 7) is 13.8. The molecule has 1 unspecified atom stereocenters. The highest BCUT2D eigenvalue weighted by Crippen LogP contribution is 2.34. The fraction of sp³-hybridized carbons (Fsp3) is 0.941. The largest absolute Gasteiger partial charge is 0.340 e. The molecule has 1 aliphatic rings. The van der Waals surface area contributed by atoms with Crippen molar-refractivity contribution in [2.45, 2.75) is 72.8 Å². The molecular formula is C17H34N2O. The number of piperidine rings is 1. The zero-order chi connectivity index (χ0) is 15.2. The molecule has 0 aromatic rings. The fourth-order valence-electron chi connectivity index (χ4n) is 3.14. The van der Waals surface area contributed by atoms with Gasteiger partial charge in [-0.25, -0.2) is 0 Å². The molecular weight excluding hydrogens is 248 g/mol. The first kappa shape index (κ1) is 17.5. The Balaban J connectivity index is 2.70. The molecule has 0 aromatic heterocycles. The predicted octanol–water partition coefficient (Wildman–Crippen LogP) is 3.44. The summed E-state index contributed by atoms with van der Waals surface area (Å²) in [5, 5.41) is 3.45. The van der Waals surface area contributed by atoms with Crippen molar-refractivity contribution in [1.29, 1.82) is 0 Å². The lowest BCUT2D eigenvalue weighted by Crippen LogP contribution is -2.51. The Morgan fingerprint density at radius 2 is 2.05 bits per heavy atom. The van der Waals surface area contributed by atoms with E-state index in [0.717, 1.165) is 26.1 Å². The highest BCUT2D eigenvalue weighted by molar-refractivity contribution is 5.82. The molecule has 0 radical (unpaired) electrons. The van der Waals surface area contributed by atoms with Crippen LogP contribution in [0.4, 0.5) is 0 Å². The van der Waals surface area contributed by atoms with Crippen LogP contribution in [-0.4, -0.2) is 36.5 Å². The van der Waals surface area contributed by atoms with E-state index in [2.05, 4.69) is 44.8 Å². The first-order chi connectivity index (χ1) is 9.41. The van der Waals surface area contributed by atoms with Crippen LogP contribution in [0.25, 0.3) is 0 Å². The molecule has 0 aliphatic carbocycles. The number of amides is 1. The number of nitrogens with one attached hydrogen (secondary N) is 1. The van der Waals surface area contributed by atoms with Gasteiger partial charge in [0.25, 0.3) is 0 Å². The van der Waals surface area contributed by atoms with E-state index in [9.17, 15) is 4.79 Å². The molecule has 118 valence electrons. The molecule has 1 heterocycles. The van der Waals surface area contributed by atoms with Crippen LogP contribution >= 0.6 is 0 Å². The van der Waals surface area contributed by atoms with Crippen LogP contribution in [-0.2, 0) is 4.79 Å². The maximum atomic E-state index is 13.0. The molecule has 1 atom stereocenters. The molecule has 20 heavy (non-hydrogen) atoms. The van der Waals surface area contributed by atoms with E-state index in [4.69, 9.17) is 0 Å². The van der Waals surface area contributed by atoms with Gasteiger partial charge in [-0.15, -0.1) is 0 Å². The van der Waals surface area contributed by atoms with E-state index < -0.39 is 0 Å². The Labute approximate surface area is 125 Å². The predicted molar refractivity (Wildman–Crippen MR) is 85.7 cm³/mol. The second kappa shape index (κ2) is 8.02. The Morgan fingerprint density at radius 3 is 2.55 bits per heavy atom. The van der Waals surface area contributed by atoms with Crippen molar-refractivity contribution in [3.05, 3.63) is 0 Å². The van der Waals surface area contributed by atoms with E-state index in [1.165, 1.54) is 25.7 Å². The number of hydrogen-bond donors (Lipinski definition) is 1. The maximum absolute atomic E-state index is 13.0. The second-order valence-electron chi connectivity index (χ2n) is 7.06. The van der Waals surface area contributed by atoms with Gasteiger partial charge in [-0.05, 0) is 52.1 Å². The van der Waals surface area contributed by atoms with Crippen LogP contribution in [0.2, 0.25) is 0 Å². The van der Waals surface area contributed by atoms with Gasteiger partial charge in [-0.3, -0.25) is 4.79 Å². The first-order valence-electron chi connectivity index (χ1n) is 8.43. The fourth-order valence-corrected chi connectivity index (χ4v) is 3.14. The van der Waals surface area contributed by atoms with Crippen molar-refractivity contribution in [2.75, 3.05) is 19.6 Å². The van der Waals surface area contributed by atoms with Crippen molar-refractivity contribution in [3.63, 3.8) is 0 Å².